The zero-order chi connectivity index (χ0) is 32.3. The molecule has 6 aromatic rings. The van der Waals surface area contributed by atoms with Gasteiger partial charge in [-0.2, -0.15) is 0 Å². The normalized spacial score (nSPS) is 12.2. The molecule has 0 amide bonds. The van der Waals surface area contributed by atoms with Crippen LogP contribution in [0.25, 0.3) is 16.7 Å². The third-order valence-corrected chi connectivity index (χ3v) is 8.57. The number of anilines is 1. The van der Waals surface area contributed by atoms with Crippen LogP contribution in [0, 0.1) is 5.92 Å². The summed E-state index contributed by atoms with van der Waals surface area (Å²) in [4.78, 5) is 29.3. The zero-order valence-corrected chi connectivity index (χ0v) is 26.6. The van der Waals surface area contributed by atoms with Gasteiger partial charge in [0, 0.05) is 33.4 Å². The molecule has 46 heavy (non-hydrogen) atoms. The van der Waals surface area contributed by atoms with Crippen molar-refractivity contribution >= 4 is 22.7 Å². The number of fused-ring (bicyclic) bond motifs is 1. The van der Waals surface area contributed by atoms with Crippen LogP contribution in [0.1, 0.15) is 23.6 Å². The molecule has 0 fully saturated rings. The van der Waals surface area contributed by atoms with Gasteiger partial charge < -0.3 is 9.64 Å². The summed E-state index contributed by atoms with van der Waals surface area (Å²) in [6.07, 6.45) is 0. The first kappa shape index (κ1) is 30.6. The highest BCUT2D eigenvalue weighted by Crippen LogP contribution is 2.37. The van der Waals surface area contributed by atoms with Crippen molar-refractivity contribution in [1.82, 2.24) is 14.5 Å². The standard InChI is InChI=1S/C39H38N4O3/c1-28(27-40-39(29-16-8-5-9-17-29,30-18-10-6-11-19-30)31-20-12-7-13-21-31)37(44)46-36-23-15-14-22-34(36)43-33-25-24-32(41(2)3)26-35(33)42(4)38(43)45/h5-26,28,40H,27H2,1-4H3/t28-/m0/s1. The lowest BCUT2D eigenvalue weighted by Gasteiger charge is -2.37. The van der Waals surface area contributed by atoms with Gasteiger partial charge in [0.2, 0.25) is 0 Å². The van der Waals surface area contributed by atoms with Gasteiger partial charge in [0.1, 0.15) is 0 Å². The number of para-hydroxylation sites is 2. The molecule has 0 saturated heterocycles. The lowest BCUT2D eigenvalue weighted by atomic mass is 9.76. The molecule has 0 spiro atoms. The monoisotopic (exact) mass is 610 g/mol. The topological polar surface area (TPSA) is 68.5 Å². The third-order valence-electron chi connectivity index (χ3n) is 8.57. The number of hydrogen-bond acceptors (Lipinski definition) is 5. The van der Waals surface area contributed by atoms with E-state index in [1.807, 2.05) is 105 Å². The number of benzene rings is 5. The fourth-order valence-electron chi connectivity index (χ4n) is 6.03. The van der Waals surface area contributed by atoms with Crippen LogP contribution < -0.4 is 20.6 Å². The van der Waals surface area contributed by atoms with Gasteiger partial charge in [-0.1, -0.05) is 110 Å². The molecular weight excluding hydrogens is 572 g/mol. The Labute approximate surface area is 269 Å². The predicted molar refractivity (Wildman–Crippen MR) is 185 cm³/mol. The van der Waals surface area contributed by atoms with Gasteiger partial charge in [-0.3, -0.25) is 19.2 Å². The number of esters is 1. The highest BCUT2D eigenvalue weighted by Gasteiger charge is 2.36. The van der Waals surface area contributed by atoms with Gasteiger partial charge >= 0.3 is 11.7 Å². The Hall–Kier alpha value is -5.40. The minimum atomic E-state index is -0.710. The van der Waals surface area contributed by atoms with Crippen LogP contribution >= 0.6 is 0 Å². The number of imidazole rings is 1. The molecule has 6 rings (SSSR count). The Kier molecular flexibility index (Phi) is 8.59. The van der Waals surface area contributed by atoms with Crippen LogP contribution in [0.15, 0.2) is 138 Å². The van der Waals surface area contributed by atoms with E-state index in [-0.39, 0.29) is 5.69 Å². The summed E-state index contributed by atoms with van der Waals surface area (Å²) >= 11 is 0. The molecule has 0 aliphatic carbocycles. The van der Waals surface area contributed by atoms with Crippen molar-refractivity contribution in [2.45, 2.75) is 12.5 Å². The number of nitrogens with one attached hydrogen (secondary N) is 1. The summed E-state index contributed by atoms with van der Waals surface area (Å²) in [5.74, 6) is -0.590. The first-order chi connectivity index (χ1) is 22.3. The van der Waals surface area contributed by atoms with E-state index in [2.05, 4.69) is 41.7 Å². The molecular formula is C39H38N4O3. The molecule has 0 aliphatic heterocycles. The summed E-state index contributed by atoms with van der Waals surface area (Å²) in [6, 6.07) is 43.9. The largest absolute Gasteiger partial charge is 0.424 e. The smallest absolute Gasteiger partial charge is 0.333 e. The second-order valence-corrected chi connectivity index (χ2v) is 11.8. The molecule has 7 heteroatoms. The van der Waals surface area contributed by atoms with E-state index in [1.165, 1.54) is 0 Å². The number of hydrogen-bond donors (Lipinski definition) is 1. The molecule has 5 aromatic carbocycles. The third kappa shape index (κ3) is 5.61. The Morgan fingerprint density at radius 1 is 0.761 bits per heavy atom. The van der Waals surface area contributed by atoms with E-state index in [0.29, 0.717) is 18.0 Å². The van der Waals surface area contributed by atoms with Crippen molar-refractivity contribution in [1.29, 1.82) is 0 Å². The zero-order valence-electron chi connectivity index (χ0n) is 26.6. The minimum absolute atomic E-state index is 0.220. The predicted octanol–water partition coefficient (Wildman–Crippen LogP) is 6.52. The lowest BCUT2D eigenvalue weighted by molar-refractivity contribution is -0.138. The van der Waals surface area contributed by atoms with Crippen molar-refractivity contribution in [3.8, 4) is 11.4 Å². The molecule has 1 heterocycles. The van der Waals surface area contributed by atoms with E-state index >= 15 is 0 Å². The maximum Gasteiger partial charge on any atom is 0.333 e. The van der Waals surface area contributed by atoms with Crippen molar-refractivity contribution in [3.05, 3.63) is 161 Å². The maximum absolute atomic E-state index is 13.7. The van der Waals surface area contributed by atoms with E-state index in [9.17, 15) is 9.59 Å². The van der Waals surface area contributed by atoms with Gasteiger partial charge in [0.15, 0.2) is 5.75 Å². The van der Waals surface area contributed by atoms with Crippen molar-refractivity contribution in [2.24, 2.45) is 13.0 Å². The fraction of sp³-hybridized carbons (Fsp3) is 0.179. The summed E-state index contributed by atoms with van der Waals surface area (Å²) < 4.78 is 9.28. The number of nitrogens with zero attached hydrogens (tertiary/aromatic N) is 3. The highest BCUT2D eigenvalue weighted by molar-refractivity contribution is 5.83. The number of carbonyl (C=O) groups is 1. The van der Waals surface area contributed by atoms with Gasteiger partial charge in [-0.25, -0.2) is 4.79 Å². The van der Waals surface area contributed by atoms with Gasteiger partial charge in [-0.15, -0.1) is 0 Å². The number of aromatic nitrogens is 2. The summed E-state index contributed by atoms with van der Waals surface area (Å²) in [5, 5.41) is 3.78. The van der Waals surface area contributed by atoms with Crippen LogP contribution in [0.4, 0.5) is 5.69 Å². The molecule has 0 radical (unpaired) electrons. The maximum atomic E-state index is 13.7. The number of aryl methyl sites for hydroxylation is 1. The lowest BCUT2D eigenvalue weighted by Crippen LogP contribution is -2.47. The fourth-order valence-corrected chi connectivity index (χ4v) is 6.03. The molecule has 0 saturated carbocycles. The van der Waals surface area contributed by atoms with Crippen LogP contribution in [0.5, 0.6) is 5.75 Å². The van der Waals surface area contributed by atoms with Crippen LogP contribution in [0.2, 0.25) is 0 Å². The van der Waals surface area contributed by atoms with Gasteiger partial charge in [-0.05, 0) is 47.0 Å². The molecule has 1 aromatic heterocycles. The summed E-state index contributed by atoms with van der Waals surface area (Å²) in [7, 11) is 5.68. The number of ether oxygens (including phenoxy) is 1. The molecule has 0 bridgehead atoms. The number of rotatable bonds is 10. The van der Waals surface area contributed by atoms with Crippen molar-refractivity contribution < 1.29 is 9.53 Å². The second-order valence-electron chi connectivity index (χ2n) is 11.8. The van der Waals surface area contributed by atoms with Gasteiger partial charge in [0.25, 0.3) is 0 Å². The van der Waals surface area contributed by atoms with Crippen LogP contribution in [-0.2, 0) is 17.4 Å². The van der Waals surface area contributed by atoms with Crippen molar-refractivity contribution in [3.63, 3.8) is 0 Å². The van der Waals surface area contributed by atoms with E-state index in [1.54, 1.807) is 34.4 Å². The number of carbonyl (C=O) groups excluding carboxylic acids is 1. The van der Waals surface area contributed by atoms with Crippen molar-refractivity contribution in [2.75, 3.05) is 25.5 Å². The Morgan fingerprint density at radius 3 is 1.83 bits per heavy atom. The van der Waals surface area contributed by atoms with Crippen LogP contribution in [0.3, 0.4) is 0 Å². The summed E-state index contributed by atoms with van der Waals surface area (Å²) in [6.45, 7) is 2.19. The van der Waals surface area contributed by atoms with E-state index in [0.717, 1.165) is 33.4 Å². The quantitative estimate of drug-likeness (QED) is 0.109. The SMILES string of the molecule is C[C@@H](CNC(c1ccccc1)(c1ccccc1)c1ccccc1)C(=O)Oc1ccccc1-n1c(=O)n(C)c2cc(N(C)C)ccc21. The van der Waals surface area contributed by atoms with Gasteiger partial charge in [0.05, 0.1) is 28.2 Å². The molecule has 232 valence electrons. The Balaban J connectivity index is 1.32. The molecule has 0 aliphatic rings. The molecule has 1 atom stereocenters. The van der Waals surface area contributed by atoms with Crippen LogP contribution in [-0.4, -0.2) is 35.7 Å². The molecule has 7 nitrogen and oxygen atoms in total. The average molecular weight is 611 g/mol. The highest BCUT2D eigenvalue weighted by atomic mass is 16.5. The summed E-state index contributed by atoms with van der Waals surface area (Å²) in [5.41, 5.74) is 5.27. The molecule has 0 unspecified atom stereocenters. The average Bonchev–Trinajstić information content (AvgIpc) is 3.34. The van der Waals surface area contributed by atoms with E-state index in [4.69, 9.17) is 4.74 Å². The minimum Gasteiger partial charge on any atom is -0.424 e. The Bertz CT molecular complexity index is 1920. The molecule has 1 N–H and O–H groups in total. The first-order valence-corrected chi connectivity index (χ1v) is 15.4. The second kappa shape index (κ2) is 12.9. The first-order valence-electron chi connectivity index (χ1n) is 15.4. The Morgan fingerprint density at radius 2 is 1.28 bits per heavy atom. The van der Waals surface area contributed by atoms with E-state index < -0.39 is 17.4 Å².